The van der Waals surface area contributed by atoms with Gasteiger partial charge in [0.2, 0.25) is 0 Å². The lowest BCUT2D eigenvalue weighted by Crippen LogP contribution is -2.40. The van der Waals surface area contributed by atoms with Crippen LogP contribution in [-0.2, 0) is 14.3 Å². The Morgan fingerprint density at radius 3 is 2.49 bits per heavy atom. The summed E-state index contributed by atoms with van der Waals surface area (Å²) < 4.78 is 18.5. The maximum Gasteiger partial charge on any atom is 0.338 e. The molecule has 206 valence electrons. The first-order chi connectivity index (χ1) is 18.6. The Hall–Kier alpha value is -3.20. The number of halogens is 1. The van der Waals surface area contributed by atoms with Crippen molar-refractivity contribution < 1.29 is 19.0 Å². The number of allylic oxidation sites excluding steroid dienone is 1. The van der Waals surface area contributed by atoms with Crippen LogP contribution in [0.5, 0.6) is 5.75 Å². The van der Waals surface area contributed by atoms with Crippen molar-refractivity contribution in [2.75, 3.05) is 20.3 Å². The van der Waals surface area contributed by atoms with Crippen molar-refractivity contribution in [1.29, 1.82) is 0 Å². The molecule has 2 heterocycles. The molecule has 3 aromatic rings. The molecule has 0 saturated carbocycles. The van der Waals surface area contributed by atoms with Gasteiger partial charge in [0, 0.05) is 17.7 Å². The van der Waals surface area contributed by atoms with E-state index in [1.54, 1.807) is 42.9 Å². The number of carbonyl (C=O) groups excluding carboxylic acids is 1. The standard InChI is InChI=1S/C30H33ClN2O5S/c1-17(2)20-7-9-21(10-8-20)27-26(29(35)37-14-13-36-6)19(5)32-30-33(27)28(34)25(39-30)16-22-15-23(31)11-12-24(22)38-18(3)4/h7-12,15-18,27H,13-14H2,1-6H3. The number of aromatic nitrogens is 1. The van der Waals surface area contributed by atoms with E-state index in [4.69, 9.17) is 25.8 Å². The van der Waals surface area contributed by atoms with E-state index in [2.05, 4.69) is 18.8 Å². The van der Waals surface area contributed by atoms with Crippen LogP contribution in [0, 0.1) is 0 Å². The van der Waals surface area contributed by atoms with E-state index < -0.39 is 12.0 Å². The Balaban J connectivity index is 1.90. The van der Waals surface area contributed by atoms with E-state index >= 15 is 0 Å². The molecule has 9 heteroatoms. The molecule has 0 spiro atoms. The minimum Gasteiger partial charge on any atom is -0.490 e. The highest BCUT2D eigenvalue weighted by atomic mass is 35.5. The van der Waals surface area contributed by atoms with E-state index in [-0.39, 0.29) is 24.9 Å². The van der Waals surface area contributed by atoms with Crippen LogP contribution in [0.2, 0.25) is 5.02 Å². The van der Waals surface area contributed by atoms with Gasteiger partial charge in [-0.25, -0.2) is 9.79 Å². The third-order valence-electron chi connectivity index (χ3n) is 6.30. The molecular weight excluding hydrogens is 536 g/mol. The van der Waals surface area contributed by atoms with Gasteiger partial charge in [0.25, 0.3) is 5.56 Å². The van der Waals surface area contributed by atoms with Crippen molar-refractivity contribution in [3.63, 3.8) is 0 Å². The van der Waals surface area contributed by atoms with Crippen molar-refractivity contribution in [1.82, 2.24) is 4.57 Å². The van der Waals surface area contributed by atoms with Gasteiger partial charge in [0.15, 0.2) is 4.80 Å². The third-order valence-corrected chi connectivity index (χ3v) is 7.52. The molecule has 0 saturated heterocycles. The SMILES string of the molecule is COCCOC(=O)C1=C(C)N=c2sc(=Cc3cc(Cl)ccc3OC(C)C)c(=O)n2C1c1ccc(C(C)C)cc1. The lowest BCUT2D eigenvalue weighted by atomic mass is 9.93. The highest BCUT2D eigenvalue weighted by Crippen LogP contribution is 2.32. The van der Waals surface area contributed by atoms with Crippen LogP contribution in [0.3, 0.4) is 0 Å². The number of methoxy groups -OCH3 is 1. The second-order valence-electron chi connectivity index (χ2n) is 9.88. The van der Waals surface area contributed by atoms with Gasteiger partial charge in [-0.1, -0.05) is 61.1 Å². The molecule has 4 rings (SSSR count). The molecule has 0 aliphatic carbocycles. The molecule has 0 amide bonds. The lowest BCUT2D eigenvalue weighted by Gasteiger charge is -2.25. The molecule has 0 fully saturated rings. The first kappa shape index (κ1) is 28.8. The van der Waals surface area contributed by atoms with Crippen LogP contribution in [0.1, 0.15) is 63.3 Å². The highest BCUT2D eigenvalue weighted by molar-refractivity contribution is 7.07. The Bertz CT molecular complexity index is 1570. The first-order valence-corrected chi connectivity index (χ1v) is 14.0. The summed E-state index contributed by atoms with van der Waals surface area (Å²) in [5, 5.41) is 0.533. The Kier molecular flexibility index (Phi) is 9.10. The van der Waals surface area contributed by atoms with Gasteiger partial charge in [-0.05, 0) is 62.1 Å². The van der Waals surface area contributed by atoms with Gasteiger partial charge in [0.1, 0.15) is 12.4 Å². The molecule has 1 unspecified atom stereocenters. The van der Waals surface area contributed by atoms with Crippen LogP contribution < -0.4 is 19.6 Å². The van der Waals surface area contributed by atoms with Crippen LogP contribution in [0.15, 0.2) is 63.5 Å². The predicted octanol–water partition coefficient (Wildman–Crippen LogP) is 4.99. The number of fused-ring (bicyclic) bond motifs is 1. The van der Waals surface area contributed by atoms with E-state index in [1.807, 2.05) is 38.1 Å². The summed E-state index contributed by atoms with van der Waals surface area (Å²) >= 11 is 7.54. The van der Waals surface area contributed by atoms with Gasteiger partial charge < -0.3 is 14.2 Å². The van der Waals surface area contributed by atoms with E-state index in [0.717, 1.165) is 11.1 Å². The average Bonchev–Trinajstić information content (AvgIpc) is 3.19. The Morgan fingerprint density at radius 1 is 1.13 bits per heavy atom. The van der Waals surface area contributed by atoms with Crippen LogP contribution >= 0.6 is 22.9 Å². The molecular formula is C30H33ClN2O5S. The summed E-state index contributed by atoms with van der Waals surface area (Å²) in [6.45, 7) is 10.3. The number of rotatable bonds is 9. The Labute approximate surface area is 237 Å². The summed E-state index contributed by atoms with van der Waals surface area (Å²) in [7, 11) is 1.54. The minimum atomic E-state index is -0.689. The monoisotopic (exact) mass is 568 g/mol. The molecule has 7 nitrogen and oxygen atoms in total. The number of carbonyl (C=O) groups is 1. The van der Waals surface area contributed by atoms with Gasteiger partial charge in [-0.15, -0.1) is 0 Å². The quantitative estimate of drug-likeness (QED) is 0.268. The lowest BCUT2D eigenvalue weighted by molar-refractivity contribution is -0.140. The minimum absolute atomic E-state index is 0.0531. The second-order valence-corrected chi connectivity index (χ2v) is 11.3. The van der Waals surface area contributed by atoms with Crippen molar-refractivity contribution in [2.24, 2.45) is 4.99 Å². The van der Waals surface area contributed by atoms with Crippen molar-refractivity contribution in [3.8, 4) is 5.75 Å². The van der Waals surface area contributed by atoms with Crippen LogP contribution in [0.25, 0.3) is 6.08 Å². The molecule has 1 atom stereocenters. The van der Waals surface area contributed by atoms with Gasteiger partial charge in [0.05, 0.1) is 34.6 Å². The number of nitrogens with zero attached hydrogens (tertiary/aromatic N) is 2. The zero-order valence-corrected chi connectivity index (χ0v) is 24.6. The molecule has 1 aliphatic heterocycles. The number of hydrogen-bond donors (Lipinski definition) is 0. The normalized spacial score (nSPS) is 15.5. The Morgan fingerprint density at radius 2 is 1.85 bits per heavy atom. The van der Waals surface area contributed by atoms with E-state index in [9.17, 15) is 9.59 Å². The van der Waals surface area contributed by atoms with Gasteiger partial charge in [-0.2, -0.15) is 0 Å². The molecule has 39 heavy (non-hydrogen) atoms. The number of ether oxygens (including phenoxy) is 3. The largest absolute Gasteiger partial charge is 0.490 e. The topological polar surface area (TPSA) is 79.1 Å². The number of esters is 1. The zero-order valence-electron chi connectivity index (χ0n) is 23.0. The highest BCUT2D eigenvalue weighted by Gasteiger charge is 2.33. The molecule has 1 aliphatic rings. The summed E-state index contributed by atoms with van der Waals surface area (Å²) in [6.07, 6.45) is 1.71. The number of thiazole rings is 1. The maximum absolute atomic E-state index is 13.9. The van der Waals surface area contributed by atoms with Gasteiger partial charge >= 0.3 is 5.97 Å². The molecule has 0 N–H and O–H groups in total. The number of benzene rings is 2. The fraction of sp³-hybridized carbons (Fsp3) is 0.367. The van der Waals surface area contributed by atoms with Crippen LogP contribution in [-0.4, -0.2) is 37.0 Å². The first-order valence-electron chi connectivity index (χ1n) is 12.8. The average molecular weight is 569 g/mol. The maximum atomic E-state index is 13.9. The fourth-order valence-corrected chi connectivity index (χ4v) is 5.61. The van der Waals surface area contributed by atoms with Crippen molar-refractivity contribution >= 4 is 35.0 Å². The molecule has 1 aromatic heterocycles. The summed E-state index contributed by atoms with van der Waals surface area (Å²) in [5.74, 6) is 0.444. The summed E-state index contributed by atoms with van der Waals surface area (Å²) in [4.78, 5) is 32.4. The van der Waals surface area contributed by atoms with Crippen molar-refractivity contribution in [2.45, 2.75) is 52.7 Å². The molecule has 2 aromatic carbocycles. The smallest absolute Gasteiger partial charge is 0.338 e. The molecule has 0 radical (unpaired) electrons. The summed E-state index contributed by atoms with van der Waals surface area (Å²) in [6, 6.07) is 12.6. The van der Waals surface area contributed by atoms with Crippen LogP contribution in [0.4, 0.5) is 0 Å². The number of hydrogen-bond acceptors (Lipinski definition) is 7. The van der Waals surface area contributed by atoms with Crippen molar-refractivity contribution in [3.05, 3.63) is 95.1 Å². The summed E-state index contributed by atoms with van der Waals surface area (Å²) in [5.41, 5.74) is 3.22. The molecule has 0 bridgehead atoms. The predicted molar refractivity (Wildman–Crippen MR) is 154 cm³/mol. The van der Waals surface area contributed by atoms with E-state index in [1.165, 1.54) is 11.3 Å². The third kappa shape index (κ3) is 6.35. The van der Waals surface area contributed by atoms with E-state index in [0.29, 0.717) is 42.9 Å². The van der Waals surface area contributed by atoms with Gasteiger partial charge in [-0.3, -0.25) is 9.36 Å². The fourth-order valence-electron chi connectivity index (χ4n) is 4.39. The zero-order chi connectivity index (χ0) is 28.3. The second kappa shape index (κ2) is 12.3.